The summed E-state index contributed by atoms with van der Waals surface area (Å²) in [5.41, 5.74) is 6.25. The highest BCUT2D eigenvalue weighted by Gasteiger charge is 2.14. The van der Waals surface area contributed by atoms with Crippen LogP contribution in [0.2, 0.25) is 0 Å². The van der Waals surface area contributed by atoms with Crippen LogP contribution in [0, 0.1) is 6.92 Å². The second kappa shape index (κ2) is 12.4. The van der Waals surface area contributed by atoms with Crippen molar-refractivity contribution in [2.24, 2.45) is 7.05 Å². The number of pyridine rings is 1. The molecule has 1 atom stereocenters. The van der Waals surface area contributed by atoms with Crippen LogP contribution in [0.3, 0.4) is 0 Å². The first-order chi connectivity index (χ1) is 16.0. The number of benzene rings is 1. The number of hydrogen-bond donors (Lipinski definition) is 1. The zero-order valence-corrected chi connectivity index (χ0v) is 20.7. The summed E-state index contributed by atoms with van der Waals surface area (Å²) < 4.78 is 2.23. The zero-order valence-electron chi connectivity index (χ0n) is 20.7. The third kappa shape index (κ3) is 6.80. The summed E-state index contributed by atoms with van der Waals surface area (Å²) in [5, 5.41) is 4.51. The van der Waals surface area contributed by atoms with Gasteiger partial charge in [0.05, 0.1) is 0 Å². The van der Waals surface area contributed by atoms with E-state index in [0.717, 1.165) is 37.8 Å². The first-order valence-electron chi connectivity index (χ1n) is 12.5. The SMILES string of the molecule is CCCCCc1c(C=CC(=O)N[C@H](CC)CCCc2cccnc2)n(C)c2cc(C)ccc12. The van der Waals surface area contributed by atoms with Crippen LogP contribution in [-0.4, -0.2) is 21.5 Å². The molecule has 176 valence electrons. The predicted molar refractivity (Wildman–Crippen MR) is 139 cm³/mol. The Balaban J connectivity index is 1.67. The lowest BCUT2D eigenvalue weighted by Crippen LogP contribution is -2.33. The van der Waals surface area contributed by atoms with Crippen molar-refractivity contribution in [3.8, 4) is 0 Å². The van der Waals surface area contributed by atoms with E-state index in [1.165, 1.54) is 46.9 Å². The molecule has 2 aromatic heterocycles. The fraction of sp³-hybridized carbons (Fsp3) is 0.448. The van der Waals surface area contributed by atoms with Gasteiger partial charge in [-0.05, 0) is 80.3 Å². The second-order valence-corrected chi connectivity index (χ2v) is 9.10. The molecule has 2 heterocycles. The van der Waals surface area contributed by atoms with E-state index in [1.807, 2.05) is 18.3 Å². The van der Waals surface area contributed by atoms with Gasteiger partial charge in [0.1, 0.15) is 0 Å². The van der Waals surface area contributed by atoms with Gasteiger partial charge in [-0.25, -0.2) is 0 Å². The fourth-order valence-electron chi connectivity index (χ4n) is 4.55. The Morgan fingerprint density at radius 3 is 2.73 bits per heavy atom. The van der Waals surface area contributed by atoms with Crippen LogP contribution in [0.15, 0.2) is 48.8 Å². The maximum atomic E-state index is 12.8. The van der Waals surface area contributed by atoms with E-state index in [2.05, 4.69) is 67.0 Å². The Bertz CT molecular complexity index is 1070. The second-order valence-electron chi connectivity index (χ2n) is 9.10. The number of fused-ring (bicyclic) bond motifs is 1. The third-order valence-electron chi connectivity index (χ3n) is 6.51. The number of carbonyl (C=O) groups excluding carboxylic acids is 1. The third-order valence-corrected chi connectivity index (χ3v) is 6.51. The van der Waals surface area contributed by atoms with Crippen molar-refractivity contribution in [1.29, 1.82) is 0 Å². The summed E-state index contributed by atoms with van der Waals surface area (Å²) >= 11 is 0. The van der Waals surface area contributed by atoms with E-state index in [1.54, 1.807) is 12.3 Å². The molecule has 0 radical (unpaired) electrons. The lowest BCUT2D eigenvalue weighted by molar-refractivity contribution is -0.117. The number of carbonyl (C=O) groups is 1. The molecule has 0 bridgehead atoms. The average Bonchev–Trinajstić information content (AvgIpc) is 3.08. The van der Waals surface area contributed by atoms with Crippen LogP contribution in [0.4, 0.5) is 0 Å². The van der Waals surface area contributed by atoms with Gasteiger partial charge in [0, 0.05) is 48.2 Å². The molecular weight excluding hydrogens is 406 g/mol. The normalized spacial score (nSPS) is 12.5. The van der Waals surface area contributed by atoms with Crippen molar-refractivity contribution in [3.05, 3.63) is 71.2 Å². The molecule has 1 aromatic carbocycles. The van der Waals surface area contributed by atoms with Crippen LogP contribution in [-0.2, 0) is 24.7 Å². The Morgan fingerprint density at radius 1 is 1.15 bits per heavy atom. The highest BCUT2D eigenvalue weighted by molar-refractivity contribution is 5.94. The molecule has 3 aromatic rings. The molecule has 0 fully saturated rings. The summed E-state index contributed by atoms with van der Waals surface area (Å²) in [4.78, 5) is 16.9. The summed E-state index contributed by atoms with van der Waals surface area (Å²) in [5.74, 6) is -0.0100. The van der Waals surface area contributed by atoms with Gasteiger partial charge in [-0.3, -0.25) is 9.78 Å². The van der Waals surface area contributed by atoms with Gasteiger partial charge in [0.2, 0.25) is 5.91 Å². The van der Waals surface area contributed by atoms with E-state index in [0.29, 0.717) is 0 Å². The Hall–Kier alpha value is -2.88. The molecule has 0 saturated heterocycles. The van der Waals surface area contributed by atoms with Crippen molar-refractivity contribution >= 4 is 22.9 Å². The first kappa shape index (κ1) is 24.8. The molecule has 0 aliphatic carbocycles. The molecular formula is C29H39N3O. The lowest BCUT2D eigenvalue weighted by atomic mass is 10.0. The largest absolute Gasteiger partial charge is 0.350 e. The molecule has 1 N–H and O–H groups in total. The molecule has 0 aliphatic rings. The van der Waals surface area contributed by atoms with Crippen molar-refractivity contribution in [1.82, 2.24) is 14.9 Å². The van der Waals surface area contributed by atoms with Gasteiger partial charge in [-0.1, -0.05) is 44.9 Å². The number of aryl methyl sites for hydroxylation is 4. The van der Waals surface area contributed by atoms with E-state index >= 15 is 0 Å². The highest BCUT2D eigenvalue weighted by Crippen LogP contribution is 2.29. The summed E-state index contributed by atoms with van der Waals surface area (Å²) in [6, 6.07) is 10.9. The van der Waals surface area contributed by atoms with Gasteiger partial charge in [0.15, 0.2) is 0 Å². The van der Waals surface area contributed by atoms with Crippen LogP contribution in [0.1, 0.15) is 74.8 Å². The van der Waals surface area contributed by atoms with Crippen molar-refractivity contribution < 1.29 is 4.79 Å². The van der Waals surface area contributed by atoms with Crippen molar-refractivity contribution in [2.75, 3.05) is 0 Å². The molecule has 0 unspecified atom stereocenters. The first-order valence-corrected chi connectivity index (χ1v) is 12.5. The molecule has 3 rings (SSSR count). The molecule has 0 aliphatic heterocycles. The van der Waals surface area contributed by atoms with Crippen LogP contribution >= 0.6 is 0 Å². The number of nitrogens with zero attached hydrogens (tertiary/aromatic N) is 2. The van der Waals surface area contributed by atoms with Crippen LogP contribution < -0.4 is 5.32 Å². The Morgan fingerprint density at radius 2 is 2.00 bits per heavy atom. The maximum absolute atomic E-state index is 12.8. The smallest absolute Gasteiger partial charge is 0.244 e. The highest BCUT2D eigenvalue weighted by atomic mass is 16.1. The average molecular weight is 446 g/mol. The van der Waals surface area contributed by atoms with Crippen LogP contribution in [0.25, 0.3) is 17.0 Å². The van der Waals surface area contributed by atoms with Gasteiger partial charge in [-0.2, -0.15) is 0 Å². The molecule has 0 saturated carbocycles. The molecule has 4 nitrogen and oxygen atoms in total. The summed E-state index contributed by atoms with van der Waals surface area (Å²) in [7, 11) is 2.11. The fourth-order valence-corrected chi connectivity index (χ4v) is 4.55. The zero-order chi connectivity index (χ0) is 23.6. The maximum Gasteiger partial charge on any atom is 0.244 e. The van der Waals surface area contributed by atoms with E-state index in [-0.39, 0.29) is 11.9 Å². The minimum atomic E-state index is -0.0100. The van der Waals surface area contributed by atoms with Gasteiger partial charge in [-0.15, -0.1) is 0 Å². The minimum absolute atomic E-state index is 0.0100. The number of amides is 1. The minimum Gasteiger partial charge on any atom is -0.350 e. The van der Waals surface area contributed by atoms with Crippen LogP contribution in [0.5, 0.6) is 0 Å². The number of nitrogens with one attached hydrogen (secondary N) is 1. The standard InChI is InChI=1S/C29H39N3O/c1-5-7-8-14-25-26-16-15-22(3)20-28(26)32(4)27(25)17-18-29(33)31-24(6-2)13-9-11-23-12-10-19-30-21-23/h10,12,15-21,24H,5-9,11,13-14H2,1-4H3,(H,31,33)/t24-/m1/s1. The molecule has 1 amide bonds. The Labute approximate surface area is 199 Å². The monoisotopic (exact) mass is 445 g/mol. The quantitative estimate of drug-likeness (QED) is 0.254. The van der Waals surface area contributed by atoms with E-state index in [9.17, 15) is 4.79 Å². The van der Waals surface area contributed by atoms with Gasteiger partial charge < -0.3 is 9.88 Å². The molecule has 33 heavy (non-hydrogen) atoms. The van der Waals surface area contributed by atoms with E-state index < -0.39 is 0 Å². The van der Waals surface area contributed by atoms with Gasteiger partial charge in [0.25, 0.3) is 0 Å². The number of hydrogen-bond acceptors (Lipinski definition) is 2. The Kier molecular flexibility index (Phi) is 9.29. The summed E-state index contributed by atoms with van der Waals surface area (Å²) in [6.07, 6.45) is 16.0. The molecule has 4 heteroatoms. The number of aromatic nitrogens is 2. The predicted octanol–water partition coefficient (Wildman–Crippen LogP) is 6.55. The van der Waals surface area contributed by atoms with E-state index in [4.69, 9.17) is 0 Å². The van der Waals surface area contributed by atoms with Gasteiger partial charge >= 0.3 is 0 Å². The van der Waals surface area contributed by atoms with Crippen molar-refractivity contribution in [2.45, 2.75) is 78.2 Å². The topological polar surface area (TPSA) is 46.9 Å². The molecule has 0 spiro atoms. The summed E-state index contributed by atoms with van der Waals surface area (Å²) in [6.45, 7) is 6.50. The van der Waals surface area contributed by atoms with Crippen molar-refractivity contribution in [3.63, 3.8) is 0 Å². The number of unbranched alkanes of at least 4 members (excludes halogenated alkanes) is 2. The number of rotatable bonds is 12. The lowest BCUT2D eigenvalue weighted by Gasteiger charge is -2.15.